The molecule has 0 saturated carbocycles. The van der Waals surface area contributed by atoms with Crippen LogP contribution in [-0.4, -0.2) is 24.5 Å². The van der Waals surface area contributed by atoms with Gasteiger partial charge < -0.3 is 4.90 Å². The van der Waals surface area contributed by atoms with Gasteiger partial charge in [0.1, 0.15) is 0 Å². The van der Waals surface area contributed by atoms with E-state index in [1.54, 1.807) is 0 Å². The molecule has 68 valence electrons. The Hall–Kier alpha value is -0.0400. The minimum atomic E-state index is 0.745. The van der Waals surface area contributed by atoms with E-state index < -0.39 is 0 Å². The maximum Gasteiger partial charge on any atom is 0.00663 e. The van der Waals surface area contributed by atoms with Crippen LogP contribution in [0.1, 0.15) is 40.5 Å². The van der Waals surface area contributed by atoms with Gasteiger partial charge in [0, 0.05) is 6.04 Å². The van der Waals surface area contributed by atoms with Gasteiger partial charge in [-0.05, 0) is 32.9 Å². The molecule has 0 aromatic rings. The highest BCUT2D eigenvalue weighted by Crippen LogP contribution is 2.12. The molecule has 0 N–H and O–H groups in total. The Morgan fingerprint density at radius 3 is 2.09 bits per heavy atom. The van der Waals surface area contributed by atoms with Gasteiger partial charge in [0.25, 0.3) is 0 Å². The Labute approximate surface area is 71.8 Å². The van der Waals surface area contributed by atoms with Crippen molar-refractivity contribution >= 4 is 0 Å². The Morgan fingerprint density at radius 1 is 1.18 bits per heavy atom. The van der Waals surface area contributed by atoms with Gasteiger partial charge in [-0.1, -0.05) is 27.2 Å². The molecule has 0 amide bonds. The first-order valence-electron chi connectivity index (χ1n) is 4.82. The maximum absolute atomic E-state index is 2.41. The zero-order valence-electron chi connectivity index (χ0n) is 8.72. The van der Waals surface area contributed by atoms with E-state index >= 15 is 0 Å². The molecule has 0 saturated heterocycles. The zero-order chi connectivity index (χ0) is 8.85. The van der Waals surface area contributed by atoms with Crippen LogP contribution in [0.15, 0.2) is 0 Å². The topological polar surface area (TPSA) is 3.24 Å². The Balaban J connectivity index is 3.58. The molecule has 0 aliphatic rings. The average Bonchev–Trinajstić information content (AvgIpc) is 2.02. The monoisotopic (exact) mass is 157 g/mol. The van der Waals surface area contributed by atoms with Crippen molar-refractivity contribution in [2.75, 3.05) is 13.6 Å². The normalized spacial score (nSPS) is 16.9. The van der Waals surface area contributed by atoms with Crippen molar-refractivity contribution in [1.82, 2.24) is 4.90 Å². The van der Waals surface area contributed by atoms with Crippen molar-refractivity contribution in [1.29, 1.82) is 0 Å². The van der Waals surface area contributed by atoms with Crippen LogP contribution in [0.25, 0.3) is 0 Å². The fourth-order valence-electron chi connectivity index (χ4n) is 1.24. The minimum absolute atomic E-state index is 0.745. The fourth-order valence-corrected chi connectivity index (χ4v) is 1.24. The summed E-state index contributed by atoms with van der Waals surface area (Å²) in [5.41, 5.74) is 0. The summed E-state index contributed by atoms with van der Waals surface area (Å²) in [6, 6.07) is 0.745. The van der Waals surface area contributed by atoms with Crippen LogP contribution in [0, 0.1) is 5.92 Å². The van der Waals surface area contributed by atoms with Crippen LogP contribution < -0.4 is 0 Å². The summed E-state index contributed by atoms with van der Waals surface area (Å²) >= 11 is 0. The second kappa shape index (κ2) is 5.59. The summed E-state index contributed by atoms with van der Waals surface area (Å²) in [6.45, 7) is 10.3. The zero-order valence-corrected chi connectivity index (χ0v) is 8.72. The minimum Gasteiger partial charge on any atom is -0.304 e. The summed E-state index contributed by atoms with van der Waals surface area (Å²) in [6.07, 6.45) is 2.64. The standard InChI is InChI=1S/C10H23N/c1-6-9(3)8-10(4)11(5)7-2/h9-10H,6-8H2,1-5H3. The lowest BCUT2D eigenvalue weighted by atomic mass is 10.00. The van der Waals surface area contributed by atoms with Gasteiger partial charge in [0.2, 0.25) is 0 Å². The van der Waals surface area contributed by atoms with Gasteiger partial charge in [-0.2, -0.15) is 0 Å². The summed E-state index contributed by atoms with van der Waals surface area (Å²) in [7, 11) is 2.20. The highest BCUT2D eigenvalue weighted by Gasteiger charge is 2.09. The van der Waals surface area contributed by atoms with Crippen LogP contribution in [0.4, 0.5) is 0 Å². The van der Waals surface area contributed by atoms with E-state index in [4.69, 9.17) is 0 Å². The lowest BCUT2D eigenvalue weighted by molar-refractivity contribution is 0.233. The van der Waals surface area contributed by atoms with Crippen LogP contribution in [0.2, 0.25) is 0 Å². The molecule has 0 rings (SSSR count). The predicted molar refractivity (Wildman–Crippen MR) is 51.8 cm³/mol. The molecule has 1 heteroatoms. The quantitative estimate of drug-likeness (QED) is 0.593. The summed E-state index contributed by atoms with van der Waals surface area (Å²) in [5, 5.41) is 0. The van der Waals surface area contributed by atoms with E-state index in [2.05, 4.69) is 39.6 Å². The summed E-state index contributed by atoms with van der Waals surface area (Å²) < 4.78 is 0. The third kappa shape index (κ3) is 4.41. The predicted octanol–water partition coefficient (Wildman–Crippen LogP) is 2.76. The van der Waals surface area contributed by atoms with Gasteiger partial charge in [0.05, 0.1) is 0 Å². The van der Waals surface area contributed by atoms with E-state index in [1.807, 2.05) is 0 Å². The van der Waals surface area contributed by atoms with E-state index in [9.17, 15) is 0 Å². The molecule has 11 heavy (non-hydrogen) atoms. The van der Waals surface area contributed by atoms with Crippen LogP contribution in [-0.2, 0) is 0 Å². The third-order valence-electron chi connectivity index (χ3n) is 2.69. The molecule has 0 spiro atoms. The molecular formula is C10H23N. The van der Waals surface area contributed by atoms with Crippen molar-refractivity contribution in [3.05, 3.63) is 0 Å². The number of hydrogen-bond donors (Lipinski definition) is 0. The van der Waals surface area contributed by atoms with Crippen LogP contribution >= 0.6 is 0 Å². The van der Waals surface area contributed by atoms with Crippen LogP contribution in [0.5, 0.6) is 0 Å². The van der Waals surface area contributed by atoms with E-state index in [0.717, 1.165) is 18.5 Å². The van der Waals surface area contributed by atoms with E-state index in [0.29, 0.717) is 0 Å². The first-order valence-corrected chi connectivity index (χ1v) is 4.82. The maximum atomic E-state index is 2.41. The molecule has 0 radical (unpaired) electrons. The van der Waals surface area contributed by atoms with Gasteiger partial charge in [-0.15, -0.1) is 0 Å². The highest BCUT2D eigenvalue weighted by atomic mass is 15.1. The van der Waals surface area contributed by atoms with Crippen molar-refractivity contribution in [2.24, 2.45) is 5.92 Å². The lowest BCUT2D eigenvalue weighted by Gasteiger charge is -2.25. The lowest BCUT2D eigenvalue weighted by Crippen LogP contribution is -2.30. The van der Waals surface area contributed by atoms with Gasteiger partial charge in [-0.3, -0.25) is 0 Å². The first kappa shape index (κ1) is 11.0. The molecule has 0 aliphatic heterocycles. The number of hydrogen-bond acceptors (Lipinski definition) is 1. The molecule has 1 nitrogen and oxygen atoms in total. The van der Waals surface area contributed by atoms with Crippen molar-refractivity contribution < 1.29 is 0 Å². The van der Waals surface area contributed by atoms with Gasteiger partial charge in [-0.25, -0.2) is 0 Å². The summed E-state index contributed by atoms with van der Waals surface area (Å²) in [4.78, 5) is 2.41. The average molecular weight is 157 g/mol. The second-order valence-corrected chi connectivity index (χ2v) is 3.67. The number of nitrogens with zero attached hydrogens (tertiary/aromatic N) is 1. The molecule has 0 aliphatic carbocycles. The molecule has 2 unspecified atom stereocenters. The smallest absolute Gasteiger partial charge is 0.00663 e. The fraction of sp³-hybridized carbons (Fsp3) is 1.00. The molecule has 0 aromatic carbocycles. The van der Waals surface area contributed by atoms with Gasteiger partial charge >= 0.3 is 0 Å². The molecule has 0 bridgehead atoms. The first-order chi connectivity index (χ1) is 5.11. The third-order valence-corrected chi connectivity index (χ3v) is 2.69. The Kier molecular flexibility index (Phi) is 5.57. The van der Waals surface area contributed by atoms with Crippen LogP contribution in [0.3, 0.4) is 0 Å². The Morgan fingerprint density at radius 2 is 1.73 bits per heavy atom. The molecule has 2 atom stereocenters. The largest absolute Gasteiger partial charge is 0.304 e. The van der Waals surface area contributed by atoms with Crippen molar-refractivity contribution in [3.63, 3.8) is 0 Å². The molecule has 0 aromatic heterocycles. The molecular weight excluding hydrogens is 134 g/mol. The van der Waals surface area contributed by atoms with Gasteiger partial charge in [0.15, 0.2) is 0 Å². The Bertz CT molecular complexity index is 90.9. The highest BCUT2D eigenvalue weighted by molar-refractivity contribution is 4.64. The SMILES string of the molecule is CCC(C)CC(C)N(C)CC. The van der Waals surface area contributed by atoms with Crippen molar-refractivity contribution in [2.45, 2.75) is 46.6 Å². The van der Waals surface area contributed by atoms with E-state index in [-0.39, 0.29) is 0 Å². The summed E-state index contributed by atoms with van der Waals surface area (Å²) in [5.74, 6) is 0.874. The number of rotatable bonds is 5. The van der Waals surface area contributed by atoms with E-state index in [1.165, 1.54) is 12.8 Å². The second-order valence-electron chi connectivity index (χ2n) is 3.67. The molecule has 0 fully saturated rings. The molecule has 0 heterocycles. The van der Waals surface area contributed by atoms with Crippen molar-refractivity contribution in [3.8, 4) is 0 Å².